The van der Waals surface area contributed by atoms with Crippen LogP contribution in [0.5, 0.6) is 0 Å². The van der Waals surface area contributed by atoms with Crippen LogP contribution in [0.2, 0.25) is 0 Å². The molecular formula is C17H27N3. The van der Waals surface area contributed by atoms with Crippen molar-refractivity contribution in [1.29, 1.82) is 0 Å². The molecule has 110 valence electrons. The third kappa shape index (κ3) is 3.60. The Morgan fingerprint density at radius 3 is 2.85 bits per heavy atom. The van der Waals surface area contributed by atoms with Crippen LogP contribution in [0.15, 0.2) is 30.6 Å². The highest BCUT2D eigenvalue weighted by Crippen LogP contribution is 2.27. The van der Waals surface area contributed by atoms with Crippen LogP contribution < -0.4 is 5.32 Å². The largest absolute Gasteiger partial charge is 0.310 e. The highest BCUT2D eigenvalue weighted by atomic mass is 15.2. The van der Waals surface area contributed by atoms with Gasteiger partial charge in [0.1, 0.15) is 0 Å². The van der Waals surface area contributed by atoms with E-state index in [2.05, 4.69) is 43.3 Å². The summed E-state index contributed by atoms with van der Waals surface area (Å²) >= 11 is 0. The van der Waals surface area contributed by atoms with E-state index >= 15 is 0 Å². The maximum atomic E-state index is 4.48. The number of aromatic nitrogens is 2. The van der Waals surface area contributed by atoms with E-state index in [0.717, 1.165) is 18.9 Å². The molecule has 0 aromatic carbocycles. The van der Waals surface area contributed by atoms with Crippen molar-refractivity contribution < 1.29 is 0 Å². The van der Waals surface area contributed by atoms with Gasteiger partial charge in [0, 0.05) is 17.8 Å². The van der Waals surface area contributed by atoms with Crippen LogP contribution in [0.25, 0.3) is 5.52 Å². The maximum Gasteiger partial charge on any atom is 0.0709 e. The van der Waals surface area contributed by atoms with Crippen molar-refractivity contribution in [3.8, 4) is 0 Å². The summed E-state index contributed by atoms with van der Waals surface area (Å²) in [5.41, 5.74) is 2.56. The lowest BCUT2D eigenvalue weighted by Crippen LogP contribution is -2.24. The Hall–Kier alpha value is -1.35. The average molecular weight is 273 g/mol. The summed E-state index contributed by atoms with van der Waals surface area (Å²) < 4.78 is 1.97. The number of rotatable bonds is 8. The Kier molecular flexibility index (Phi) is 5.60. The first-order valence-electron chi connectivity index (χ1n) is 7.91. The zero-order chi connectivity index (χ0) is 14.4. The monoisotopic (exact) mass is 273 g/mol. The first kappa shape index (κ1) is 15.0. The Morgan fingerprint density at radius 2 is 2.10 bits per heavy atom. The predicted octanol–water partition coefficient (Wildman–Crippen LogP) is 4.20. The molecule has 0 aliphatic heterocycles. The molecule has 0 aliphatic carbocycles. The van der Waals surface area contributed by atoms with Crippen LogP contribution in [-0.2, 0) is 0 Å². The summed E-state index contributed by atoms with van der Waals surface area (Å²) in [6.07, 6.45) is 8.95. The summed E-state index contributed by atoms with van der Waals surface area (Å²) in [6.45, 7) is 7.90. The Labute approximate surface area is 122 Å². The Balaban J connectivity index is 2.20. The molecule has 20 heavy (non-hydrogen) atoms. The first-order chi connectivity index (χ1) is 9.76. The zero-order valence-electron chi connectivity index (χ0n) is 13.0. The average Bonchev–Trinajstić information content (AvgIpc) is 2.87. The van der Waals surface area contributed by atoms with Crippen LogP contribution in [-0.4, -0.2) is 16.2 Å². The molecule has 2 unspecified atom stereocenters. The summed E-state index contributed by atoms with van der Waals surface area (Å²) in [7, 11) is 0. The third-order valence-corrected chi connectivity index (χ3v) is 3.89. The second-order valence-corrected chi connectivity index (χ2v) is 5.77. The van der Waals surface area contributed by atoms with E-state index in [1.165, 1.54) is 30.3 Å². The topological polar surface area (TPSA) is 29.3 Å². The number of nitrogens with zero attached hydrogens (tertiary/aromatic N) is 2. The molecule has 0 saturated heterocycles. The second kappa shape index (κ2) is 7.44. The van der Waals surface area contributed by atoms with E-state index < -0.39 is 0 Å². The van der Waals surface area contributed by atoms with Crippen molar-refractivity contribution >= 4 is 5.52 Å². The molecule has 3 nitrogen and oxygen atoms in total. The number of nitrogens with one attached hydrogen (secondary N) is 1. The SMILES string of the molecule is CCCNC(CC(C)CCC)c1cnn2ccccc12. The van der Waals surface area contributed by atoms with Crippen molar-refractivity contribution in [2.24, 2.45) is 5.92 Å². The van der Waals surface area contributed by atoms with Gasteiger partial charge < -0.3 is 5.32 Å². The van der Waals surface area contributed by atoms with Crippen LogP contribution in [0.1, 0.15) is 58.1 Å². The minimum Gasteiger partial charge on any atom is -0.310 e. The predicted molar refractivity (Wildman–Crippen MR) is 84.9 cm³/mol. The van der Waals surface area contributed by atoms with Crippen molar-refractivity contribution in [3.05, 3.63) is 36.2 Å². The summed E-state index contributed by atoms with van der Waals surface area (Å²) in [5, 5.41) is 8.18. The van der Waals surface area contributed by atoms with Crippen LogP contribution >= 0.6 is 0 Å². The van der Waals surface area contributed by atoms with Gasteiger partial charge >= 0.3 is 0 Å². The summed E-state index contributed by atoms with van der Waals surface area (Å²) in [6, 6.07) is 6.69. The molecule has 0 aliphatic rings. The Bertz CT molecular complexity index is 518. The van der Waals surface area contributed by atoms with Crippen molar-refractivity contribution in [2.45, 2.75) is 52.5 Å². The molecule has 3 heteroatoms. The van der Waals surface area contributed by atoms with Crippen molar-refractivity contribution in [3.63, 3.8) is 0 Å². The van der Waals surface area contributed by atoms with Gasteiger partial charge in [-0.25, -0.2) is 4.52 Å². The molecule has 2 aromatic heterocycles. The van der Waals surface area contributed by atoms with Gasteiger partial charge in [0.2, 0.25) is 0 Å². The lowest BCUT2D eigenvalue weighted by Gasteiger charge is -2.21. The van der Waals surface area contributed by atoms with E-state index in [-0.39, 0.29) is 0 Å². The van der Waals surface area contributed by atoms with E-state index in [1.807, 2.05) is 23.0 Å². The second-order valence-electron chi connectivity index (χ2n) is 5.77. The lowest BCUT2D eigenvalue weighted by atomic mass is 9.93. The van der Waals surface area contributed by atoms with Gasteiger partial charge in [0.25, 0.3) is 0 Å². The molecule has 0 spiro atoms. The molecule has 2 aromatic rings. The smallest absolute Gasteiger partial charge is 0.0709 e. The maximum absolute atomic E-state index is 4.48. The van der Waals surface area contributed by atoms with Gasteiger partial charge in [-0.05, 0) is 37.4 Å². The van der Waals surface area contributed by atoms with Gasteiger partial charge in [-0.3, -0.25) is 0 Å². The van der Waals surface area contributed by atoms with Crippen molar-refractivity contribution in [2.75, 3.05) is 6.54 Å². The van der Waals surface area contributed by atoms with E-state index in [9.17, 15) is 0 Å². The zero-order valence-corrected chi connectivity index (χ0v) is 13.0. The molecule has 0 radical (unpaired) electrons. The molecular weight excluding hydrogens is 246 g/mol. The molecule has 1 N–H and O–H groups in total. The fourth-order valence-electron chi connectivity index (χ4n) is 2.87. The van der Waals surface area contributed by atoms with Gasteiger partial charge in [-0.1, -0.05) is 39.7 Å². The van der Waals surface area contributed by atoms with Crippen LogP contribution in [0, 0.1) is 5.92 Å². The fourth-order valence-corrected chi connectivity index (χ4v) is 2.87. The number of pyridine rings is 1. The van der Waals surface area contributed by atoms with E-state index in [4.69, 9.17) is 0 Å². The van der Waals surface area contributed by atoms with E-state index in [1.54, 1.807) is 0 Å². The van der Waals surface area contributed by atoms with Crippen LogP contribution in [0.4, 0.5) is 0 Å². The molecule has 2 rings (SSSR count). The molecule has 0 saturated carbocycles. The van der Waals surface area contributed by atoms with Gasteiger partial charge in [-0.2, -0.15) is 5.10 Å². The molecule has 2 heterocycles. The highest BCUT2D eigenvalue weighted by Gasteiger charge is 2.18. The highest BCUT2D eigenvalue weighted by molar-refractivity contribution is 5.54. The van der Waals surface area contributed by atoms with Gasteiger partial charge in [0.05, 0.1) is 11.7 Å². The van der Waals surface area contributed by atoms with Gasteiger partial charge in [0.15, 0.2) is 0 Å². The quantitative estimate of drug-likeness (QED) is 0.781. The number of hydrogen-bond donors (Lipinski definition) is 1. The molecule has 0 bridgehead atoms. The van der Waals surface area contributed by atoms with Gasteiger partial charge in [-0.15, -0.1) is 0 Å². The normalized spacial score (nSPS) is 14.6. The Morgan fingerprint density at radius 1 is 1.25 bits per heavy atom. The lowest BCUT2D eigenvalue weighted by molar-refractivity contribution is 0.391. The minimum atomic E-state index is 0.413. The minimum absolute atomic E-state index is 0.413. The van der Waals surface area contributed by atoms with E-state index in [0.29, 0.717) is 6.04 Å². The molecule has 2 atom stereocenters. The number of fused-ring (bicyclic) bond motifs is 1. The molecule has 0 amide bonds. The first-order valence-corrected chi connectivity index (χ1v) is 7.91. The number of hydrogen-bond acceptors (Lipinski definition) is 2. The third-order valence-electron chi connectivity index (χ3n) is 3.89. The fraction of sp³-hybridized carbons (Fsp3) is 0.588. The summed E-state index contributed by atoms with van der Waals surface area (Å²) in [5.74, 6) is 0.744. The van der Waals surface area contributed by atoms with Crippen LogP contribution in [0.3, 0.4) is 0 Å². The molecule has 0 fully saturated rings. The summed E-state index contributed by atoms with van der Waals surface area (Å²) in [4.78, 5) is 0. The van der Waals surface area contributed by atoms with Crippen molar-refractivity contribution in [1.82, 2.24) is 14.9 Å². The standard InChI is InChI=1S/C17H27N3/c1-4-8-14(3)12-16(18-10-5-2)15-13-19-20-11-7-6-9-17(15)20/h6-7,9,11,13-14,16,18H,4-5,8,10,12H2,1-3H3.